The van der Waals surface area contributed by atoms with Crippen LogP contribution in [0.4, 0.5) is 5.69 Å². The average molecular weight is 314 g/mol. The van der Waals surface area contributed by atoms with Crippen LogP contribution >= 0.6 is 0 Å². The maximum atomic E-state index is 12.1. The highest BCUT2D eigenvalue weighted by molar-refractivity contribution is 6.07. The monoisotopic (exact) mass is 314 g/mol. The second-order valence-corrected chi connectivity index (χ2v) is 4.73. The number of benzene rings is 1. The first kappa shape index (κ1) is 18.1. The largest absolute Gasteiger partial charge is 0.330 e. The van der Waals surface area contributed by atoms with Gasteiger partial charge in [-0.3, -0.25) is 14.4 Å². The summed E-state index contributed by atoms with van der Waals surface area (Å²) in [7, 11) is 0. The molecular weight excluding hydrogens is 296 g/mol. The number of anilines is 1. The summed E-state index contributed by atoms with van der Waals surface area (Å²) >= 11 is 0. The fraction of sp³-hybridized carbons (Fsp3) is 0.250. The van der Waals surface area contributed by atoms with Gasteiger partial charge in [0.25, 0.3) is 5.91 Å². The van der Waals surface area contributed by atoms with Gasteiger partial charge in [0.15, 0.2) is 5.78 Å². The standard InChI is InChI=1S/C16H18N4O3/c1-12(22)13-4-2-5-15(8-13)19-16(23)14(9-18)10-20(11-21)7-3-6-17/h2,4-5,8,10-11H,3,6-7,17H2,1H3,(H,19,23)/b14-10-. The van der Waals surface area contributed by atoms with E-state index in [2.05, 4.69) is 5.32 Å². The molecule has 0 saturated heterocycles. The van der Waals surface area contributed by atoms with Crippen LogP contribution in [0.3, 0.4) is 0 Å². The number of nitriles is 1. The molecule has 3 N–H and O–H groups in total. The van der Waals surface area contributed by atoms with Crippen molar-refractivity contribution in [2.24, 2.45) is 5.73 Å². The highest BCUT2D eigenvalue weighted by atomic mass is 16.2. The number of ketones is 1. The number of Topliss-reactive ketones (excluding diaryl/α,β-unsaturated/α-hetero) is 1. The minimum atomic E-state index is -0.659. The molecule has 0 heterocycles. The zero-order valence-electron chi connectivity index (χ0n) is 12.8. The van der Waals surface area contributed by atoms with E-state index in [1.165, 1.54) is 24.1 Å². The Hall–Kier alpha value is -2.98. The summed E-state index contributed by atoms with van der Waals surface area (Å²) in [5.74, 6) is -0.793. The lowest BCUT2D eigenvalue weighted by molar-refractivity contribution is -0.116. The number of nitrogens with one attached hydrogen (secondary N) is 1. The topological polar surface area (TPSA) is 116 Å². The number of rotatable bonds is 8. The zero-order chi connectivity index (χ0) is 17.2. The highest BCUT2D eigenvalue weighted by Gasteiger charge is 2.12. The van der Waals surface area contributed by atoms with Gasteiger partial charge in [-0.15, -0.1) is 0 Å². The minimum Gasteiger partial charge on any atom is -0.330 e. The first-order chi connectivity index (χ1) is 11.0. The van der Waals surface area contributed by atoms with Crippen LogP contribution in [-0.2, 0) is 9.59 Å². The van der Waals surface area contributed by atoms with Crippen LogP contribution in [0.1, 0.15) is 23.7 Å². The first-order valence-corrected chi connectivity index (χ1v) is 6.97. The number of carbonyl (C=O) groups is 3. The van der Waals surface area contributed by atoms with Gasteiger partial charge in [0, 0.05) is 24.0 Å². The van der Waals surface area contributed by atoms with Crippen LogP contribution in [0.2, 0.25) is 0 Å². The summed E-state index contributed by atoms with van der Waals surface area (Å²) in [5.41, 5.74) is 5.98. The smallest absolute Gasteiger partial charge is 0.267 e. The average Bonchev–Trinajstić information content (AvgIpc) is 2.55. The summed E-state index contributed by atoms with van der Waals surface area (Å²) < 4.78 is 0. The van der Waals surface area contributed by atoms with Crippen molar-refractivity contribution in [1.82, 2.24) is 4.90 Å². The predicted molar refractivity (Wildman–Crippen MR) is 85.2 cm³/mol. The fourth-order valence-electron chi connectivity index (χ4n) is 1.74. The lowest BCUT2D eigenvalue weighted by atomic mass is 10.1. The third-order valence-electron chi connectivity index (χ3n) is 2.94. The number of hydrogen-bond acceptors (Lipinski definition) is 5. The van der Waals surface area contributed by atoms with Crippen molar-refractivity contribution >= 4 is 23.8 Å². The molecule has 2 amide bonds. The van der Waals surface area contributed by atoms with Crippen LogP contribution < -0.4 is 11.1 Å². The molecule has 1 rings (SSSR count). The van der Waals surface area contributed by atoms with Crippen molar-refractivity contribution in [3.05, 3.63) is 41.6 Å². The van der Waals surface area contributed by atoms with Crippen LogP contribution in [0.15, 0.2) is 36.0 Å². The van der Waals surface area contributed by atoms with E-state index in [4.69, 9.17) is 11.0 Å². The Bertz CT molecular complexity index is 662. The van der Waals surface area contributed by atoms with Crippen LogP contribution in [0, 0.1) is 11.3 Å². The van der Waals surface area contributed by atoms with Crippen molar-refractivity contribution < 1.29 is 14.4 Å². The van der Waals surface area contributed by atoms with E-state index in [0.717, 1.165) is 0 Å². The van der Waals surface area contributed by atoms with Crippen molar-refractivity contribution in [1.29, 1.82) is 5.26 Å². The molecule has 0 aliphatic carbocycles. The van der Waals surface area contributed by atoms with Crippen LogP contribution in [0.25, 0.3) is 0 Å². The number of amides is 2. The minimum absolute atomic E-state index is 0.133. The molecular formula is C16H18N4O3. The lowest BCUT2D eigenvalue weighted by Crippen LogP contribution is -2.22. The van der Waals surface area contributed by atoms with Gasteiger partial charge in [-0.2, -0.15) is 5.26 Å². The van der Waals surface area contributed by atoms with Crippen molar-refractivity contribution in [3.8, 4) is 6.07 Å². The summed E-state index contributed by atoms with van der Waals surface area (Å²) in [6.45, 7) is 2.13. The Balaban J connectivity index is 2.88. The van der Waals surface area contributed by atoms with E-state index in [9.17, 15) is 14.4 Å². The molecule has 0 atom stereocenters. The van der Waals surface area contributed by atoms with Crippen LogP contribution in [-0.4, -0.2) is 36.1 Å². The second-order valence-electron chi connectivity index (χ2n) is 4.73. The van der Waals surface area contributed by atoms with Crippen molar-refractivity contribution in [2.75, 3.05) is 18.4 Å². The molecule has 0 aromatic heterocycles. The lowest BCUT2D eigenvalue weighted by Gasteiger charge is -2.12. The number of hydrogen-bond donors (Lipinski definition) is 2. The Morgan fingerprint density at radius 1 is 1.43 bits per heavy atom. The van der Waals surface area contributed by atoms with Crippen molar-refractivity contribution in [3.63, 3.8) is 0 Å². The third-order valence-corrected chi connectivity index (χ3v) is 2.94. The van der Waals surface area contributed by atoms with Gasteiger partial charge in [0.2, 0.25) is 6.41 Å². The normalized spacial score (nSPS) is 10.6. The molecule has 0 unspecified atom stereocenters. The fourth-order valence-corrected chi connectivity index (χ4v) is 1.74. The van der Waals surface area contributed by atoms with Gasteiger partial charge >= 0.3 is 0 Å². The molecule has 0 spiro atoms. The summed E-state index contributed by atoms with van der Waals surface area (Å²) in [6, 6.07) is 8.12. The van der Waals surface area contributed by atoms with Gasteiger partial charge in [-0.05, 0) is 32.0 Å². The van der Waals surface area contributed by atoms with Gasteiger partial charge < -0.3 is 16.0 Å². The van der Waals surface area contributed by atoms with Gasteiger partial charge in [-0.1, -0.05) is 12.1 Å². The second kappa shape index (κ2) is 9.12. The quantitative estimate of drug-likeness (QED) is 0.322. The Labute approximate surface area is 134 Å². The van der Waals surface area contributed by atoms with Gasteiger partial charge in [0.1, 0.15) is 11.6 Å². The highest BCUT2D eigenvalue weighted by Crippen LogP contribution is 2.12. The Morgan fingerprint density at radius 2 is 2.17 bits per heavy atom. The predicted octanol–water partition coefficient (Wildman–Crippen LogP) is 1.04. The van der Waals surface area contributed by atoms with E-state index in [0.29, 0.717) is 37.2 Å². The molecule has 0 radical (unpaired) electrons. The first-order valence-electron chi connectivity index (χ1n) is 6.97. The van der Waals surface area contributed by atoms with E-state index in [1.54, 1.807) is 24.3 Å². The van der Waals surface area contributed by atoms with Crippen molar-refractivity contribution in [2.45, 2.75) is 13.3 Å². The molecule has 1 aromatic carbocycles. The summed E-state index contributed by atoms with van der Waals surface area (Å²) in [6.07, 6.45) is 2.25. The third kappa shape index (κ3) is 5.73. The van der Waals surface area contributed by atoms with E-state index < -0.39 is 5.91 Å². The van der Waals surface area contributed by atoms with E-state index in [1.807, 2.05) is 0 Å². The SMILES string of the molecule is CC(=O)c1cccc(NC(=O)/C(C#N)=C\N(C=O)CCCN)c1. The summed E-state index contributed by atoms with van der Waals surface area (Å²) in [4.78, 5) is 35.5. The Kier molecular flexibility index (Phi) is 7.17. The molecule has 120 valence electrons. The molecule has 0 aliphatic heterocycles. The number of nitrogens with zero attached hydrogens (tertiary/aromatic N) is 2. The molecule has 23 heavy (non-hydrogen) atoms. The zero-order valence-corrected chi connectivity index (χ0v) is 12.8. The maximum Gasteiger partial charge on any atom is 0.267 e. The van der Waals surface area contributed by atoms with E-state index >= 15 is 0 Å². The Morgan fingerprint density at radius 3 is 2.74 bits per heavy atom. The molecule has 0 saturated carbocycles. The van der Waals surface area contributed by atoms with Crippen LogP contribution in [0.5, 0.6) is 0 Å². The van der Waals surface area contributed by atoms with E-state index in [-0.39, 0.29) is 11.4 Å². The molecule has 7 nitrogen and oxygen atoms in total. The maximum absolute atomic E-state index is 12.1. The van der Waals surface area contributed by atoms with Gasteiger partial charge in [0.05, 0.1) is 0 Å². The molecule has 0 bridgehead atoms. The number of carbonyl (C=O) groups excluding carboxylic acids is 3. The molecule has 0 aliphatic rings. The number of nitrogens with two attached hydrogens (primary N) is 1. The molecule has 1 aromatic rings. The molecule has 0 fully saturated rings. The van der Waals surface area contributed by atoms with Gasteiger partial charge in [-0.25, -0.2) is 0 Å². The summed E-state index contributed by atoms with van der Waals surface area (Å²) in [5, 5.41) is 11.6. The molecule has 7 heteroatoms.